The zero-order valence-corrected chi connectivity index (χ0v) is 13.6. The molecule has 0 radical (unpaired) electrons. The molecule has 1 unspecified atom stereocenters. The fraction of sp³-hybridized carbons (Fsp3) is 0.333. The van der Waals surface area contributed by atoms with Gasteiger partial charge in [0.1, 0.15) is 5.82 Å². The summed E-state index contributed by atoms with van der Waals surface area (Å²) in [5.41, 5.74) is 3.29. The van der Waals surface area contributed by atoms with Crippen LogP contribution in [0.5, 0.6) is 0 Å². The Morgan fingerprint density at radius 3 is 2.19 bits per heavy atom. The van der Waals surface area contributed by atoms with Crippen molar-refractivity contribution in [3.63, 3.8) is 0 Å². The summed E-state index contributed by atoms with van der Waals surface area (Å²) in [5, 5.41) is 3.67. The van der Waals surface area contributed by atoms with E-state index in [4.69, 9.17) is 11.6 Å². The summed E-state index contributed by atoms with van der Waals surface area (Å²) in [6.45, 7) is 8.63. The van der Waals surface area contributed by atoms with Gasteiger partial charge in [-0.3, -0.25) is 0 Å². The first-order valence-electron chi connectivity index (χ1n) is 7.09. The van der Waals surface area contributed by atoms with Crippen LogP contribution in [0.25, 0.3) is 0 Å². The van der Waals surface area contributed by atoms with Gasteiger partial charge in [0.25, 0.3) is 0 Å². The molecular formula is C18H21ClFN. The lowest BCUT2D eigenvalue weighted by Gasteiger charge is -2.21. The minimum Gasteiger partial charge on any atom is -0.378 e. The monoisotopic (exact) mass is 305 g/mol. The summed E-state index contributed by atoms with van der Waals surface area (Å²) in [5.74, 6) is -0.333. The molecule has 2 aromatic rings. The molecule has 3 heteroatoms. The van der Waals surface area contributed by atoms with E-state index in [1.807, 2.05) is 6.92 Å². The van der Waals surface area contributed by atoms with Gasteiger partial charge in [0.2, 0.25) is 0 Å². The van der Waals surface area contributed by atoms with E-state index in [0.29, 0.717) is 10.7 Å². The van der Waals surface area contributed by atoms with E-state index in [0.717, 1.165) is 5.56 Å². The molecule has 112 valence electrons. The van der Waals surface area contributed by atoms with Crippen LogP contribution < -0.4 is 5.32 Å². The van der Waals surface area contributed by atoms with Crippen molar-refractivity contribution in [1.29, 1.82) is 0 Å². The molecule has 0 aromatic heterocycles. The third-order valence-electron chi connectivity index (χ3n) is 3.52. The molecule has 0 saturated heterocycles. The number of anilines is 1. The number of hydrogen-bond donors (Lipinski definition) is 1. The second-order valence-corrected chi connectivity index (χ2v) is 6.83. The number of halogens is 2. The van der Waals surface area contributed by atoms with Gasteiger partial charge in [0.05, 0.1) is 0 Å². The van der Waals surface area contributed by atoms with Crippen molar-refractivity contribution in [2.24, 2.45) is 0 Å². The van der Waals surface area contributed by atoms with Crippen molar-refractivity contribution >= 4 is 17.3 Å². The Morgan fingerprint density at radius 1 is 1.05 bits per heavy atom. The van der Waals surface area contributed by atoms with Gasteiger partial charge in [-0.15, -0.1) is 0 Å². The van der Waals surface area contributed by atoms with Gasteiger partial charge in [-0.25, -0.2) is 4.39 Å². The fourth-order valence-electron chi connectivity index (χ4n) is 2.24. The van der Waals surface area contributed by atoms with E-state index in [1.165, 1.54) is 17.7 Å². The minimum atomic E-state index is -0.333. The normalized spacial score (nSPS) is 13.0. The second kappa shape index (κ2) is 6.07. The number of hydrogen-bond acceptors (Lipinski definition) is 1. The fourth-order valence-corrected chi connectivity index (χ4v) is 2.46. The van der Waals surface area contributed by atoms with E-state index in [9.17, 15) is 4.39 Å². The summed E-state index contributed by atoms with van der Waals surface area (Å²) in [6, 6.07) is 13.1. The third-order valence-corrected chi connectivity index (χ3v) is 3.74. The van der Waals surface area contributed by atoms with Crippen LogP contribution in [-0.2, 0) is 5.41 Å². The van der Waals surface area contributed by atoms with Gasteiger partial charge in [-0.2, -0.15) is 0 Å². The Bertz CT molecular complexity index is 594. The summed E-state index contributed by atoms with van der Waals surface area (Å²) >= 11 is 5.87. The van der Waals surface area contributed by atoms with E-state index in [-0.39, 0.29) is 17.3 Å². The Morgan fingerprint density at radius 2 is 1.67 bits per heavy atom. The lowest BCUT2D eigenvalue weighted by Crippen LogP contribution is -2.12. The van der Waals surface area contributed by atoms with E-state index in [1.54, 1.807) is 6.07 Å². The molecule has 0 bridgehead atoms. The zero-order chi connectivity index (χ0) is 15.6. The van der Waals surface area contributed by atoms with Crippen molar-refractivity contribution < 1.29 is 4.39 Å². The van der Waals surface area contributed by atoms with E-state index in [2.05, 4.69) is 50.4 Å². The third kappa shape index (κ3) is 4.21. The minimum absolute atomic E-state index is 0.0804. The van der Waals surface area contributed by atoms with E-state index < -0.39 is 0 Å². The maximum Gasteiger partial charge on any atom is 0.126 e. The molecule has 0 amide bonds. The summed E-state index contributed by atoms with van der Waals surface area (Å²) in [6.07, 6.45) is 0. The molecule has 0 fully saturated rings. The van der Waals surface area contributed by atoms with Crippen LogP contribution in [0.4, 0.5) is 10.1 Å². The van der Waals surface area contributed by atoms with Gasteiger partial charge in [-0.1, -0.05) is 56.6 Å². The first kappa shape index (κ1) is 15.8. The average Bonchev–Trinajstić information content (AvgIpc) is 2.36. The van der Waals surface area contributed by atoms with Crippen LogP contribution in [0.2, 0.25) is 5.02 Å². The van der Waals surface area contributed by atoms with Crippen LogP contribution in [0, 0.1) is 5.82 Å². The highest BCUT2D eigenvalue weighted by Crippen LogP contribution is 2.26. The standard InChI is InChI=1S/C18H21ClFN/c1-12(21-17-10-15(19)9-16(20)11-17)13-5-7-14(8-6-13)18(2,3)4/h5-12,21H,1-4H3. The molecule has 0 aliphatic heterocycles. The molecular weight excluding hydrogens is 285 g/mol. The molecule has 2 aromatic carbocycles. The molecule has 1 atom stereocenters. The quantitative estimate of drug-likeness (QED) is 0.739. The highest BCUT2D eigenvalue weighted by molar-refractivity contribution is 6.30. The molecule has 0 spiro atoms. The molecule has 0 heterocycles. The van der Waals surface area contributed by atoms with Gasteiger partial charge in [-0.05, 0) is 41.7 Å². The first-order chi connectivity index (χ1) is 9.75. The Labute approximate surface area is 131 Å². The van der Waals surface area contributed by atoms with Crippen LogP contribution in [0.3, 0.4) is 0 Å². The number of benzene rings is 2. The smallest absolute Gasteiger partial charge is 0.126 e. The van der Waals surface area contributed by atoms with Crippen molar-refractivity contribution in [2.45, 2.75) is 39.2 Å². The van der Waals surface area contributed by atoms with Crippen molar-refractivity contribution in [2.75, 3.05) is 5.32 Å². The van der Waals surface area contributed by atoms with Gasteiger partial charge >= 0.3 is 0 Å². The Kier molecular flexibility index (Phi) is 4.58. The highest BCUT2D eigenvalue weighted by Gasteiger charge is 2.14. The lowest BCUT2D eigenvalue weighted by molar-refractivity contribution is 0.589. The van der Waals surface area contributed by atoms with Gasteiger partial charge in [0, 0.05) is 16.8 Å². The van der Waals surface area contributed by atoms with Crippen molar-refractivity contribution in [3.05, 3.63) is 64.4 Å². The SMILES string of the molecule is CC(Nc1cc(F)cc(Cl)c1)c1ccc(C(C)(C)C)cc1. The van der Waals surface area contributed by atoms with E-state index >= 15 is 0 Å². The summed E-state index contributed by atoms with van der Waals surface area (Å²) in [7, 11) is 0. The second-order valence-electron chi connectivity index (χ2n) is 6.40. The molecule has 0 saturated carbocycles. The molecule has 0 aliphatic rings. The lowest BCUT2D eigenvalue weighted by atomic mass is 9.86. The maximum atomic E-state index is 13.3. The highest BCUT2D eigenvalue weighted by atomic mass is 35.5. The maximum absolute atomic E-state index is 13.3. The molecule has 0 aliphatic carbocycles. The Hall–Kier alpha value is -1.54. The van der Waals surface area contributed by atoms with Crippen LogP contribution >= 0.6 is 11.6 Å². The average molecular weight is 306 g/mol. The Balaban J connectivity index is 2.15. The summed E-state index contributed by atoms with van der Waals surface area (Å²) < 4.78 is 13.3. The predicted molar refractivity (Wildman–Crippen MR) is 88.6 cm³/mol. The molecule has 21 heavy (non-hydrogen) atoms. The molecule has 1 N–H and O–H groups in total. The van der Waals surface area contributed by atoms with Crippen molar-refractivity contribution in [3.8, 4) is 0 Å². The predicted octanol–water partition coefficient (Wildman–Crippen LogP) is 5.95. The molecule has 1 nitrogen and oxygen atoms in total. The first-order valence-corrected chi connectivity index (χ1v) is 7.46. The zero-order valence-electron chi connectivity index (χ0n) is 12.9. The van der Waals surface area contributed by atoms with Crippen molar-refractivity contribution in [1.82, 2.24) is 0 Å². The molecule has 2 rings (SSSR count). The van der Waals surface area contributed by atoms with Crippen LogP contribution in [0.1, 0.15) is 44.9 Å². The largest absolute Gasteiger partial charge is 0.378 e. The van der Waals surface area contributed by atoms with Crippen LogP contribution in [0.15, 0.2) is 42.5 Å². The van der Waals surface area contributed by atoms with Gasteiger partial charge in [0.15, 0.2) is 0 Å². The topological polar surface area (TPSA) is 12.0 Å². The number of nitrogens with one attached hydrogen (secondary N) is 1. The van der Waals surface area contributed by atoms with Crippen LogP contribution in [-0.4, -0.2) is 0 Å². The van der Waals surface area contributed by atoms with Gasteiger partial charge < -0.3 is 5.32 Å². The number of rotatable bonds is 3. The summed E-state index contributed by atoms with van der Waals surface area (Å²) in [4.78, 5) is 0.